The SMILES string of the molecule is NC1=N[C@@H](CN2C(=O)CCC2=O)[C@@H]2[NH+]=C(N)N[C@]23N1CC(NC(=O)c1cccc2c1CCCC21CCC1)C3(O)O. The minimum absolute atomic E-state index is 0.0161. The molecule has 4 aliphatic heterocycles. The molecule has 1 saturated carbocycles. The highest BCUT2D eigenvalue weighted by Crippen LogP contribution is 2.51. The lowest BCUT2D eigenvalue weighted by Gasteiger charge is -2.47. The van der Waals surface area contributed by atoms with E-state index in [0.717, 1.165) is 42.6 Å². The van der Waals surface area contributed by atoms with Crippen LogP contribution in [0.4, 0.5) is 0 Å². The summed E-state index contributed by atoms with van der Waals surface area (Å²) in [7, 11) is 0. The van der Waals surface area contributed by atoms with Gasteiger partial charge in [0.1, 0.15) is 12.1 Å². The number of amides is 3. The number of nitrogens with zero attached hydrogens (tertiary/aromatic N) is 3. The molecule has 2 saturated heterocycles. The molecule has 2 spiro atoms. The average molecular weight is 552 g/mol. The van der Waals surface area contributed by atoms with Gasteiger partial charge in [0.2, 0.25) is 17.6 Å². The van der Waals surface area contributed by atoms with E-state index in [1.165, 1.54) is 16.9 Å². The predicted octanol–water partition coefficient (Wildman–Crippen LogP) is -3.55. The van der Waals surface area contributed by atoms with Crippen LogP contribution in [0.3, 0.4) is 0 Å². The standard InChI is InChI=1S/C27H34N8O5/c28-23-32-21-17(12-34-19(36)7-8-20(34)37)30-24(29)35-13-18(27(39,40)26(21,35)33-23)31-22(38)15-4-1-6-16-14(15)5-2-9-25(16)10-3-11-25/h1,4,6,17-18,21,39-40H,2-3,5,7-13H2,(H2,29,30)(H,31,38)(H3,28,32,33)/p+1/t17-,18?,21-,26-/m0/s1. The Kier molecular flexibility index (Phi) is 5.31. The van der Waals surface area contributed by atoms with E-state index in [-0.39, 0.29) is 61.0 Å². The van der Waals surface area contributed by atoms with Gasteiger partial charge < -0.3 is 21.3 Å². The van der Waals surface area contributed by atoms with Gasteiger partial charge in [-0.1, -0.05) is 18.6 Å². The molecule has 0 bridgehead atoms. The first kappa shape index (κ1) is 25.3. The lowest BCUT2D eigenvalue weighted by atomic mass is 9.58. The van der Waals surface area contributed by atoms with Crippen LogP contribution >= 0.6 is 0 Å². The number of aliphatic hydroxyl groups is 2. The fraction of sp³-hybridized carbons (Fsp3) is 0.593. The Labute approximate surface area is 230 Å². The molecule has 13 heteroatoms. The van der Waals surface area contributed by atoms with Gasteiger partial charge in [-0.2, -0.15) is 0 Å². The van der Waals surface area contributed by atoms with Crippen molar-refractivity contribution in [2.45, 2.75) is 86.4 Å². The van der Waals surface area contributed by atoms with Gasteiger partial charge in [-0.25, -0.2) is 10.3 Å². The van der Waals surface area contributed by atoms with Crippen LogP contribution in [0.25, 0.3) is 0 Å². The monoisotopic (exact) mass is 551 g/mol. The second-order valence-electron chi connectivity index (χ2n) is 12.1. The van der Waals surface area contributed by atoms with Gasteiger partial charge in [-0.15, -0.1) is 0 Å². The molecule has 4 atom stereocenters. The van der Waals surface area contributed by atoms with E-state index in [2.05, 4.69) is 26.7 Å². The maximum absolute atomic E-state index is 13.7. The Balaban J connectivity index is 1.19. The molecule has 6 aliphatic rings. The van der Waals surface area contributed by atoms with Crippen LogP contribution in [0.2, 0.25) is 0 Å². The van der Waals surface area contributed by atoms with Gasteiger partial charge in [0.05, 0.1) is 13.1 Å². The number of carbonyl (C=O) groups is 3. The van der Waals surface area contributed by atoms with Crippen molar-refractivity contribution in [3.05, 3.63) is 34.9 Å². The number of guanidine groups is 2. The third-order valence-electron chi connectivity index (χ3n) is 10.1. The van der Waals surface area contributed by atoms with Gasteiger partial charge in [0, 0.05) is 18.4 Å². The Bertz CT molecular complexity index is 1370. The molecule has 4 heterocycles. The van der Waals surface area contributed by atoms with Gasteiger partial charge >= 0.3 is 5.96 Å². The summed E-state index contributed by atoms with van der Waals surface area (Å²) in [6.07, 6.45) is 6.66. The molecule has 0 aromatic heterocycles. The minimum Gasteiger partial charge on any atom is -0.370 e. The van der Waals surface area contributed by atoms with Crippen LogP contribution in [0, 0.1) is 0 Å². The van der Waals surface area contributed by atoms with Gasteiger partial charge in [-0.3, -0.25) is 34.9 Å². The van der Waals surface area contributed by atoms with E-state index in [0.29, 0.717) is 5.56 Å². The largest absolute Gasteiger partial charge is 0.370 e. The topological polar surface area (TPSA) is 201 Å². The molecule has 7 rings (SSSR count). The van der Waals surface area contributed by atoms with Crippen LogP contribution in [0.5, 0.6) is 0 Å². The Hall–Kier alpha value is -3.71. The first-order valence-electron chi connectivity index (χ1n) is 14.1. The molecule has 9 N–H and O–H groups in total. The molecule has 13 nitrogen and oxygen atoms in total. The smallest absolute Gasteiger partial charge is 0.343 e. The maximum atomic E-state index is 13.7. The van der Waals surface area contributed by atoms with Crippen LogP contribution in [-0.4, -0.2) is 92.3 Å². The first-order valence-corrected chi connectivity index (χ1v) is 14.1. The number of hydrogen-bond donors (Lipinski definition) is 7. The predicted molar refractivity (Wildman–Crippen MR) is 141 cm³/mol. The van der Waals surface area contributed by atoms with Crippen molar-refractivity contribution in [1.29, 1.82) is 0 Å². The number of fused-ring (bicyclic) bond motifs is 2. The number of aliphatic imine (C=N–C) groups is 1. The van der Waals surface area contributed by atoms with Crippen molar-refractivity contribution in [3.8, 4) is 0 Å². The Morgan fingerprint density at radius 2 is 1.85 bits per heavy atom. The van der Waals surface area contributed by atoms with Crippen LogP contribution in [0.1, 0.15) is 66.4 Å². The normalized spacial score (nSPS) is 33.0. The summed E-state index contributed by atoms with van der Waals surface area (Å²) in [4.78, 5) is 48.5. The fourth-order valence-corrected chi connectivity index (χ4v) is 8.00. The molecule has 2 aliphatic carbocycles. The first-order chi connectivity index (χ1) is 19.1. The van der Waals surface area contributed by atoms with Gasteiger partial charge in [-0.05, 0) is 54.7 Å². The number of nitrogens with one attached hydrogen (secondary N) is 3. The number of likely N-dealkylation sites (tertiary alicyclic amines) is 1. The fourth-order valence-electron chi connectivity index (χ4n) is 8.00. The van der Waals surface area contributed by atoms with E-state index >= 15 is 0 Å². The van der Waals surface area contributed by atoms with Crippen LogP contribution in [0.15, 0.2) is 23.2 Å². The van der Waals surface area contributed by atoms with Gasteiger partial charge in [0.25, 0.3) is 11.6 Å². The highest BCUT2D eigenvalue weighted by Gasteiger charge is 2.76. The van der Waals surface area contributed by atoms with E-state index in [1.807, 2.05) is 6.07 Å². The highest BCUT2D eigenvalue weighted by atomic mass is 16.5. The molecule has 1 unspecified atom stereocenters. The number of carbonyl (C=O) groups excluding carboxylic acids is 3. The summed E-state index contributed by atoms with van der Waals surface area (Å²) in [5.41, 5.74) is 13.8. The second-order valence-corrected chi connectivity index (χ2v) is 12.1. The molecular formula is C27H35N8O5+. The third-order valence-corrected chi connectivity index (χ3v) is 10.1. The van der Waals surface area contributed by atoms with Gasteiger partial charge in [0.15, 0.2) is 12.0 Å². The van der Waals surface area contributed by atoms with Crippen molar-refractivity contribution in [2.24, 2.45) is 16.5 Å². The minimum atomic E-state index is -2.57. The Morgan fingerprint density at radius 3 is 2.55 bits per heavy atom. The summed E-state index contributed by atoms with van der Waals surface area (Å²) in [5.74, 6) is -3.54. The van der Waals surface area contributed by atoms with Crippen molar-refractivity contribution in [1.82, 2.24) is 20.4 Å². The zero-order valence-corrected chi connectivity index (χ0v) is 22.2. The van der Waals surface area contributed by atoms with Crippen LogP contribution in [-0.2, 0) is 21.4 Å². The molecule has 40 heavy (non-hydrogen) atoms. The van der Waals surface area contributed by atoms with E-state index in [1.54, 1.807) is 6.07 Å². The number of nitrogens with two attached hydrogens (primary N) is 2. The summed E-state index contributed by atoms with van der Waals surface area (Å²) < 4.78 is 0. The third kappa shape index (κ3) is 3.24. The summed E-state index contributed by atoms with van der Waals surface area (Å²) in [6, 6.07) is 2.98. The highest BCUT2D eigenvalue weighted by molar-refractivity contribution is 6.02. The lowest BCUT2D eigenvalue weighted by Crippen LogP contribution is -2.90. The maximum Gasteiger partial charge on any atom is 0.343 e. The quantitative estimate of drug-likeness (QED) is 0.146. The van der Waals surface area contributed by atoms with Crippen LogP contribution < -0.4 is 27.1 Å². The number of rotatable bonds is 4. The number of hydrogen-bond acceptors (Lipinski definition) is 10. The number of benzene rings is 1. The van der Waals surface area contributed by atoms with Crippen molar-refractivity contribution >= 4 is 29.6 Å². The molecule has 3 amide bonds. The Morgan fingerprint density at radius 1 is 1.12 bits per heavy atom. The average Bonchev–Trinajstić information content (AvgIpc) is 3.49. The van der Waals surface area contributed by atoms with E-state index in [9.17, 15) is 24.6 Å². The lowest BCUT2D eigenvalue weighted by molar-refractivity contribution is -0.521. The summed E-state index contributed by atoms with van der Waals surface area (Å²) in [5, 5.41) is 29.4. The summed E-state index contributed by atoms with van der Waals surface area (Å²) in [6.45, 7) is -0.147. The van der Waals surface area contributed by atoms with Crippen molar-refractivity contribution in [3.63, 3.8) is 0 Å². The van der Waals surface area contributed by atoms with Crippen molar-refractivity contribution in [2.75, 3.05) is 13.1 Å². The zero-order valence-electron chi connectivity index (χ0n) is 22.2. The second kappa shape index (κ2) is 8.40. The summed E-state index contributed by atoms with van der Waals surface area (Å²) >= 11 is 0. The van der Waals surface area contributed by atoms with E-state index in [4.69, 9.17) is 11.5 Å². The zero-order chi connectivity index (χ0) is 28.0. The number of imide groups is 1. The van der Waals surface area contributed by atoms with Crippen molar-refractivity contribution < 1.29 is 29.6 Å². The molecular weight excluding hydrogens is 516 g/mol. The molecule has 0 radical (unpaired) electrons. The molecule has 1 aromatic rings. The molecule has 3 fully saturated rings. The molecule has 212 valence electrons. The van der Waals surface area contributed by atoms with E-state index < -0.39 is 29.6 Å². The molecule has 1 aromatic carbocycles.